The van der Waals surface area contributed by atoms with E-state index in [-0.39, 0.29) is 5.91 Å². The first-order valence-electron chi connectivity index (χ1n) is 13.0. The van der Waals surface area contributed by atoms with Gasteiger partial charge < -0.3 is 9.64 Å². The van der Waals surface area contributed by atoms with Crippen LogP contribution in [0.25, 0.3) is 21.8 Å². The predicted octanol–water partition coefficient (Wildman–Crippen LogP) is 5.33. The number of pyridine rings is 1. The molecule has 0 fully saturated rings. The highest BCUT2D eigenvalue weighted by molar-refractivity contribution is 6.06. The molecule has 6 heteroatoms. The fourth-order valence-corrected chi connectivity index (χ4v) is 5.95. The van der Waals surface area contributed by atoms with Crippen LogP contribution in [0.5, 0.6) is 0 Å². The van der Waals surface area contributed by atoms with E-state index in [4.69, 9.17) is 9.72 Å². The molecule has 2 aromatic heterocycles. The fourth-order valence-electron chi connectivity index (χ4n) is 5.95. The molecule has 6 nitrogen and oxygen atoms in total. The molecule has 6 rings (SSSR count). The van der Waals surface area contributed by atoms with Gasteiger partial charge in [-0.25, -0.2) is 4.79 Å². The molecule has 0 bridgehead atoms. The number of para-hydroxylation sites is 2. The van der Waals surface area contributed by atoms with Gasteiger partial charge in [0.25, 0.3) is 5.91 Å². The van der Waals surface area contributed by atoms with Crippen LogP contribution in [0, 0.1) is 0 Å². The fraction of sp³-hybridized carbons (Fsp3) is 0.367. The van der Waals surface area contributed by atoms with Crippen molar-refractivity contribution >= 4 is 33.7 Å². The van der Waals surface area contributed by atoms with Gasteiger partial charge in [0.05, 0.1) is 16.6 Å². The summed E-state index contributed by atoms with van der Waals surface area (Å²) in [7, 11) is 2.05. The Kier molecular flexibility index (Phi) is 5.84. The molecule has 0 spiro atoms. The first-order valence-corrected chi connectivity index (χ1v) is 13.0. The topological polar surface area (TPSA) is 64.4 Å². The van der Waals surface area contributed by atoms with Gasteiger partial charge in [0.2, 0.25) is 0 Å². The summed E-state index contributed by atoms with van der Waals surface area (Å²) in [5.74, 6) is -0.597. The Bertz CT molecular complexity index is 1500. The van der Waals surface area contributed by atoms with Crippen molar-refractivity contribution in [2.75, 3.05) is 13.6 Å². The second-order valence-corrected chi connectivity index (χ2v) is 10.0. The van der Waals surface area contributed by atoms with Crippen molar-refractivity contribution in [1.29, 1.82) is 0 Å². The lowest BCUT2D eigenvalue weighted by Crippen LogP contribution is -2.34. The Morgan fingerprint density at radius 3 is 2.56 bits per heavy atom. The first-order chi connectivity index (χ1) is 17.6. The van der Waals surface area contributed by atoms with Crippen LogP contribution in [0.4, 0.5) is 0 Å². The van der Waals surface area contributed by atoms with Crippen molar-refractivity contribution in [2.45, 2.75) is 58.1 Å². The Morgan fingerprint density at radius 2 is 1.72 bits per heavy atom. The zero-order valence-corrected chi connectivity index (χ0v) is 20.9. The van der Waals surface area contributed by atoms with Gasteiger partial charge >= 0.3 is 5.97 Å². The summed E-state index contributed by atoms with van der Waals surface area (Å²) in [5.41, 5.74) is 6.46. The Balaban J connectivity index is 1.40. The molecule has 0 radical (unpaired) electrons. The summed E-state index contributed by atoms with van der Waals surface area (Å²) in [6, 6.07) is 15.8. The number of ether oxygens (including phenoxy) is 1. The molecule has 184 valence electrons. The third-order valence-electron chi connectivity index (χ3n) is 7.74. The molecule has 1 unspecified atom stereocenters. The standard InChI is InChI=1S/C30H31N3O3/c1-3-27(29(34)33-25-14-8-5-10-19(25)20-11-6-9-15-26(20)33)36-30(35)28-21-12-4-7-13-23(21)31-24-16-17-32(2)18-22(24)28/h4-5,7-8,10,12-14,27H,3,6,9,11,15-18H2,1-2H3. The van der Waals surface area contributed by atoms with E-state index in [9.17, 15) is 9.59 Å². The number of aryl methyl sites for hydroxylation is 1. The van der Waals surface area contributed by atoms with Gasteiger partial charge in [-0.1, -0.05) is 43.3 Å². The monoisotopic (exact) mass is 481 g/mol. The number of benzene rings is 2. The summed E-state index contributed by atoms with van der Waals surface area (Å²) in [6.45, 7) is 3.44. The minimum atomic E-state index is -0.858. The van der Waals surface area contributed by atoms with Gasteiger partial charge in [-0.3, -0.25) is 14.3 Å². The second-order valence-electron chi connectivity index (χ2n) is 10.0. The van der Waals surface area contributed by atoms with Crippen LogP contribution in [0.15, 0.2) is 48.5 Å². The molecule has 0 N–H and O–H groups in total. The van der Waals surface area contributed by atoms with Crippen LogP contribution in [0.2, 0.25) is 0 Å². The molecule has 2 aliphatic rings. The highest BCUT2D eigenvalue weighted by Gasteiger charge is 2.32. The molecular formula is C30H31N3O3. The Morgan fingerprint density at radius 1 is 0.972 bits per heavy atom. The smallest absolute Gasteiger partial charge is 0.340 e. The molecule has 3 heterocycles. The van der Waals surface area contributed by atoms with E-state index in [1.807, 2.05) is 61.0 Å². The molecule has 1 atom stereocenters. The minimum Gasteiger partial charge on any atom is -0.449 e. The number of likely N-dealkylation sites (N-methyl/N-ethyl adjacent to an activating group) is 1. The Labute approximate surface area is 210 Å². The molecule has 0 saturated heterocycles. The highest BCUT2D eigenvalue weighted by atomic mass is 16.5. The maximum atomic E-state index is 14.0. The largest absolute Gasteiger partial charge is 0.449 e. The average molecular weight is 482 g/mol. The van der Waals surface area contributed by atoms with Crippen LogP contribution in [-0.4, -0.2) is 46.0 Å². The first kappa shape index (κ1) is 22.9. The number of hydrogen-bond acceptors (Lipinski definition) is 5. The second kappa shape index (κ2) is 9.17. The van der Waals surface area contributed by atoms with E-state index in [1.54, 1.807) is 0 Å². The number of carbonyl (C=O) groups is 2. The van der Waals surface area contributed by atoms with Crippen LogP contribution in [0.1, 0.15) is 63.9 Å². The quantitative estimate of drug-likeness (QED) is 0.369. The van der Waals surface area contributed by atoms with Crippen LogP contribution in [0.3, 0.4) is 0 Å². The van der Waals surface area contributed by atoms with Gasteiger partial charge in [0.1, 0.15) is 0 Å². The summed E-state index contributed by atoms with van der Waals surface area (Å²) >= 11 is 0. The molecule has 1 aliphatic heterocycles. The van der Waals surface area contributed by atoms with Gasteiger partial charge in [0, 0.05) is 47.2 Å². The van der Waals surface area contributed by atoms with Crippen molar-refractivity contribution in [1.82, 2.24) is 14.5 Å². The zero-order chi connectivity index (χ0) is 24.8. The lowest BCUT2D eigenvalue weighted by molar-refractivity contribution is 0.0241. The molecule has 4 aromatic rings. The van der Waals surface area contributed by atoms with Crippen LogP contribution in [-0.2, 0) is 30.5 Å². The van der Waals surface area contributed by atoms with Gasteiger partial charge in [-0.2, -0.15) is 0 Å². The molecular weight excluding hydrogens is 450 g/mol. The van der Waals surface area contributed by atoms with Gasteiger partial charge in [0.15, 0.2) is 6.10 Å². The van der Waals surface area contributed by atoms with E-state index >= 15 is 0 Å². The van der Waals surface area contributed by atoms with Crippen LogP contribution < -0.4 is 0 Å². The summed E-state index contributed by atoms with van der Waals surface area (Å²) in [4.78, 5) is 34.8. The molecule has 0 amide bonds. The SMILES string of the molecule is CCC(OC(=O)c1c2c(nc3ccccc13)CCN(C)C2)C(=O)n1c2c(c3ccccc31)CCCC2. The van der Waals surface area contributed by atoms with Gasteiger partial charge in [-0.15, -0.1) is 0 Å². The third-order valence-corrected chi connectivity index (χ3v) is 7.74. The number of hydrogen-bond donors (Lipinski definition) is 0. The third kappa shape index (κ3) is 3.71. The number of rotatable bonds is 4. The average Bonchev–Trinajstić information content (AvgIpc) is 3.24. The minimum absolute atomic E-state index is 0.158. The zero-order valence-electron chi connectivity index (χ0n) is 20.9. The lowest BCUT2D eigenvalue weighted by atomic mass is 9.95. The van der Waals surface area contributed by atoms with Crippen molar-refractivity contribution < 1.29 is 14.3 Å². The predicted molar refractivity (Wildman–Crippen MR) is 140 cm³/mol. The van der Waals surface area contributed by atoms with Gasteiger partial charge in [-0.05, 0) is 56.8 Å². The van der Waals surface area contributed by atoms with E-state index in [0.717, 1.165) is 77.4 Å². The van der Waals surface area contributed by atoms with Crippen molar-refractivity contribution in [3.8, 4) is 0 Å². The Hall–Kier alpha value is -3.51. The molecule has 1 aliphatic carbocycles. The number of esters is 1. The molecule has 36 heavy (non-hydrogen) atoms. The number of aromatic nitrogens is 2. The normalized spacial score (nSPS) is 16.5. The van der Waals surface area contributed by atoms with E-state index in [2.05, 4.69) is 11.0 Å². The van der Waals surface area contributed by atoms with E-state index in [1.165, 1.54) is 5.56 Å². The lowest BCUT2D eigenvalue weighted by Gasteiger charge is -2.27. The van der Waals surface area contributed by atoms with Crippen molar-refractivity contribution in [2.24, 2.45) is 0 Å². The maximum absolute atomic E-state index is 14.0. The van der Waals surface area contributed by atoms with E-state index in [0.29, 0.717) is 18.5 Å². The summed E-state index contributed by atoms with van der Waals surface area (Å²) in [5, 5.41) is 1.92. The van der Waals surface area contributed by atoms with Crippen molar-refractivity contribution in [3.05, 3.63) is 76.6 Å². The number of nitrogens with zero attached hydrogens (tertiary/aromatic N) is 3. The molecule has 0 saturated carbocycles. The van der Waals surface area contributed by atoms with Crippen LogP contribution >= 0.6 is 0 Å². The maximum Gasteiger partial charge on any atom is 0.340 e. The number of fused-ring (bicyclic) bond motifs is 5. The van der Waals surface area contributed by atoms with E-state index < -0.39 is 12.1 Å². The summed E-state index contributed by atoms with van der Waals surface area (Å²) in [6.07, 6.45) is 4.39. The van der Waals surface area contributed by atoms with Crippen molar-refractivity contribution in [3.63, 3.8) is 0 Å². The number of carbonyl (C=O) groups excluding carboxylic acids is 2. The molecule has 2 aromatic carbocycles. The highest BCUT2D eigenvalue weighted by Crippen LogP contribution is 2.33. The summed E-state index contributed by atoms with van der Waals surface area (Å²) < 4.78 is 7.90.